The van der Waals surface area contributed by atoms with Crippen LogP contribution in [0.2, 0.25) is 50.9 Å². The summed E-state index contributed by atoms with van der Waals surface area (Å²) in [6.45, 7) is 15.1. The smallest absolute Gasteiger partial charge is 0.250 e. The lowest BCUT2D eigenvalue weighted by molar-refractivity contribution is 0.0889. The maximum atomic E-state index is 6.61. The summed E-state index contributed by atoms with van der Waals surface area (Å²) in [5.74, 6) is 1.83. The highest BCUT2D eigenvalue weighted by atomic mass is 28.4. The molecule has 0 saturated carbocycles. The maximum absolute atomic E-state index is 6.61. The zero-order valence-electron chi connectivity index (χ0n) is 13.8. The van der Waals surface area contributed by atoms with Crippen LogP contribution in [-0.4, -0.2) is 28.0 Å². The van der Waals surface area contributed by atoms with Crippen molar-refractivity contribution in [3.8, 4) is 0 Å². The molecule has 0 aromatic rings. The molecular formula is C14H32BNOSi2. The van der Waals surface area contributed by atoms with Crippen LogP contribution in [0.5, 0.6) is 0 Å². The van der Waals surface area contributed by atoms with E-state index in [2.05, 4.69) is 43.9 Å². The van der Waals surface area contributed by atoms with Crippen molar-refractivity contribution in [3.05, 3.63) is 0 Å². The summed E-state index contributed by atoms with van der Waals surface area (Å²) < 4.78 is 9.19. The Morgan fingerprint density at radius 3 is 1.58 bits per heavy atom. The molecule has 0 aromatic heterocycles. The Balaban J connectivity index is 2.22. The van der Waals surface area contributed by atoms with Crippen molar-refractivity contribution in [2.75, 3.05) is 0 Å². The Labute approximate surface area is 122 Å². The van der Waals surface area contributed by atoms with Crippen LogP contribution in [0.15, 0.2) is 0 Å². The minimum Gasteiger partial charge on any atom is -0.361 e. The predicted molar refractivity (Wildman–Crippen MR) is 90.6 cm³/mol. The Morgan fingerprint density at radius 2 is 1.26 bits per heavy atom. The van der Waals surface area contributed by atoms with Crippen LogP contribution in [0.3, 0.4) is 0 Å². The lowest BCUT2D eigenvalue weighted by Gasteiger charge is -2.51. The summed E-state index contributed by atoms with van der Waals surface area (Å²) in [7, 11) is -2.91. The summed E-state index contributed by atoms with van der Waals surface area (Å²) in [4.78, 5) is 0. The second-order valence-corrected chi connectivity index (χ2v) is 17.8. The summed E-state index contributed by atoms with van der Waals surface area (Å²) in [5, 5.41) is 0. The first kappa shape index (κ1) is 15.8. The minimum atomic E-state index is -1.50. The molecule has 2 nitrogen and oxygen atoms in total. The Bertz CT molecular complexity index is 292. The van der Waals surface area contributed by atoms with Gasteiger partial charge in [0.05, 0.1) is 0 Å². The molecule has 0 spiro atoms. The molecule has 0 amide bonds. The van der Waals surface area contributed by atoms with Gasteiger partial charge in [-0.1, -0.05) is 58.2 Å². The fraction of sp³-hybridized carbons (Fsp3) is 1.00. The predicted octanol–water partition coefficient (Wildman–Crippen LogP) is 4.99. The third kappa shape index (κ3) is 3.96. The molecule has 2 heterocycles. The SMILES string of the molecule is C[Si](C)(C)ON(B1C2CCCC1CCC2)[Si](C)(C)C. The molecule has 0 unspecified atom stereocenters. The molecule has 2 fully saturated rings. The van der Waals surface area contributed by atoms with E-state index in [1.54, 1.807) is 0 Å². The van der Waals surface area contributed by atoms with Crippen molar-refractivity contribution in [1.82, 2.24) is 4.64 Å². The molecule has 2 saturated heterocycles. The quantitative estimate of drug-likeness (QED) is 0.535. The highest BCUT2D eigenvalue weighted by molar-refractivity contribution is 6.84. The third-order valence-corrected chi connectivity index (χ3v) is 7.21. The van der Waals surface area contributed by atoms with Gasteiger partial charge >= 0.3 is 0 Å². The number of fused-ring (bicyclic) bond motifs is 2. The standard InChI is InChI=1S/C14H32BNOSi2/c1-18(2,3)16(17-19(4,5)6)15-13-9-7-10-14(15)12-8-11-13/h13-14H,7-12H2,1-6H3. The fourth-order valence-electron chi connectivity index (χ4n) is 3.96. The molecule has 0 aromatic carbocycles. The van der Waals surface area contributed by atoms with Crippen molar-refractivity contribution < 1.29 is 4.53 Å². The van der Waals surface area contributed by atoms with E-state index in [0.717, 1.165) is 18.5 Å². The van der Waals surface area contributed by atoms with Crippen molar-refractivity contribution in [2.24, 2.45) is 0 Å². The molecule has 2 bridgehead atoms. The monoisotopic (exact) mass is 297 g/mol. The summed E-state index contributed by atoms with van der Waals surface area (Å²) in [5.41, 5.74) is 0. The molecule has 2 rings (SSSR count). The first-order valence-corrected chi connectivity index (χ1v) is 15.0. The second-order valence-electron chi connectivity index (χ2n) is 8.57. The summed E-state index contributed by atoms with van der Waals surface area (Å²) in [6, 6.07) is 0. The Morgan fingerprint density at radius 1 is 0.842 bits per heavy atom. The molecule has 2 aliphatic rings. The van der Waals surface area contributed by atoms with E-state index in [4.69, 9.17) is 4.53 Å². The third-order valence-electron chi connectivity index (χ3n) is 4.57. The van der Waals surface area contributed by atoms with Gasteiger partial charge in [-0.15, -0.1) is 0 Å². The minimum absolute atomic E-state index is 0.737. The number of hydrogen-bond acceptors (Lipinski definition) is 2. The van der Waals surface area contributed by atoms with Gasteiger partial charge in [-0.3, -0.25) is 4.64 Å². The molecule has 0 aliphatic carbocycles. The van der Waals surface area contributed by atoms with Gasteiger partial charge in [0.1, 0.15) is 8.24 Å². The largest absolute Gasteiger partial charge is 0.361 e. The van der Waals surface area contributed by atoms with E-state index in [9.17, 15) is 0 Å². The van der Waals surface area contributed by atoms with E-state index >= 15 is 0 Å². The highest BCUT2D eigenvalue weighted by Gasteiger charge is 2.48. The topological polar surface area (TPSA) is 12.5 Å². The van der Waals surface area contributed by atoms with Gasteiger partial charge in [-0.25, -0.2) is 0 Å². The first-order valence-electron chi connectivity index (χ1n) is 8.17. The van der Waals surface area contributed by atoms with Gasteiger partial charge in [0.15, 0.2) is 0 Å². The van der Waals surface area contributed by atoms with Crippen LogP contribution in [0.25, 0.3) is 0 Å². The summed E-state index contributed by atoms with van der Waals surface area (Å²) in [6.07, 6.45) is 8.68. The first-order chi connectivity index (χ1) is 8.68. The molecule has 19 heavy (non-hydrogen) atoms. The van der Waals surface area contributed by atoms with Gasteiger partial charge in [0.25, 0.3) is 6.85 Å². The van der Waals surface area contributed by atoms with Crippen molar-refractivity contribution in [1.29, 1.82) is 0 Å². The highest BCUT2D eigenvalue weighted by Crippen LogP contribution is 2.48. The fourth-order valence-corrected chi connectivity index (χ4v) is 7.91. The van der Waals surface area contributed by atoms with E-state index < -0.39 is 16.6 Å². The van der Waals surface area contributed by atoms with Gasteiger partial charge in [-0.05, 0) is 31.3 Å². The molecule has 2 aliphatic heterocycles. The van der Waals surface area contributed by atoms with Crippen LogP contribution in [-0.2, 0) is 4.53 Å². The van der Waals surface area contributed by atoms with E-state index in [1.807, 2.05) is 0 Å². The second kappa shape index (κ2) is 5.66. The molecule has 0 atom stereocenters. The van der Waals surface area contributed by atoms with Crippen LogP contribution < -0.4 is 0 Å². The van der Waals surface area contributed by atoms with Crippen molar-refractivity contribution >= 4 is 23.4 Å². The van der Waals surface area contributed by atoms with Crippen LogP contribution in [0, 0.1) is 0 Å². The zero-order chi connectivity index (χ0) is 14.3. The zero-order valence-corrected chi connectivity index (χ0v) is 15.8. The summed E-state index contributed by atoms with van der Waals surface area (Å²) >= 11 is 0. The van der Waals surface area contributed by atoms with Crippen LogP contribution in [0.1, 0.15) is 38.5 Å². The number of nitrogens with zero attached hydrogens (tertiary/aromatic N) is 1. The number of rotatable bonds is 4. The van der Waals surface area contributed by atoms with Crippen molar-refractivity contribution in [3.63, 3.8) is 0 Å². The molecule has 0 N–H and O–H groups in total. The van der Waals surface area contributed by atoms with E-state index in [1.165, 1.54) is 38.5 Å². The normalized spacial score (nSPS) is 28.9. The average Bonchev–Trinajstić information content (AvgIpc) is 2.22. The van der Waals surface area contributed by atoms with Gasteiger partial charge in [-0.2, -0.15) is 0 Å². The van der Waals surface area contributed by atoms with Crippen LogP contribution in [0.4, 0.5) is 0 Å². The van der Waals surface area contributed by atoms with E-state index in [0.29, 0.717) is 0 Å². The Kier molecular flexibility index (Phi) is 4.71. The Hall–Kier alpha value is 0.419. The van der Waals surface area contributed by atoms with Crippen LogP contribution >= 0.6 is 0 Å². The van der Waals surface area contributed by atoms with Gasteiger partial charge in [0, 0.05) is 0 Å². The molecular weight excluding hydrogens is 265 g/mol. The lowest BCUT2D eigenvalue weighted by atomic mass is 9.35. The molecule has 5 heteroatoms. The van der Waals surface area contributed by atoms with Crippen molar-refractivity contribution in [2.45, 2.75) is 89.4 Å². The molecule has 110 valence electrons. The molecule has 0 radical (unpaired) electrons. The van der Waals surface area contributed by atoms with Gasteiger partial charge in [0.2, 0.25) is 8.32 Å². The number of hydrogen-bond donors (Lipinski definition) is 0. The maximum Gasteiger partial charge on any atom is 0.250 e. The van der Waals surface area contributed by atoms with Gasteiger partial charge < -0.3 is 4.53 Å². The lowest BCUT2D eigenvalue weighted by Crippen LogP contribution is -2.62. The van der Waals surface area contributed by atoms with E-state index in [-0.39, 0.29) is 0 Å². The average molecular weight is 297 g/mol.